The normalized spacial score (nSPS) is 19.7. The molecule has 2 heterocycles. The third kappa shape index (κ3) is 23.6. The van der Waals surface area contributed by atoms with Gasteiger partial charge in [0.2, 0.25) is 65.0 Å². The predicted octanol–water partition coefficient (Wildman–Crippen LogP) is -7.04. The summed E-state index contributed by atoms with van der Waals surface area (Å²) in [6.45, 7) is -0.00452. The lowest BCUT2D eigenvalue weighted by Gasteiger charge is -2.29. The number of guanidine groups is 2. The fraction of sp³-hybridized carbons (Fsp3) is 0.548. The van der Waals surface area contributed by atoms with Crippen LogP contribution in [0.1, 0.15) is 50.5 Å². The second-order valence-corrected chi connectivity index (χ2v) is 22.0. The van der Waals surface area contributed by atoms with Crippen molar-refractivity contribution in [1.29, 1.82) is 0 Å². The number of hydrogen-bond donors (Lipinski definition) is 16. The second kappa shape index (κ2) is 32.6. The lowest BCUT2D eigenvalue weighted by atomic mass is 10.0. The first-order chi connectivity index (χ1) is 35.5. The average molecular weight is 1130 g/mol. The number of nitrogens with zero attached hydrogens (tertiary/aromatic N) is 2. The minimum absolute atomic E-state index is 0.0103. The molecule has 0 spiro atoms. The number of carbonyl (C=O) groups is 11. The molecular weight excluding hydrogens is 1060 g/mol. The van der Waals surface area contributed by atoms with Gasteiger partial charge in [0.1, 0.15) is 48.3 Å². The molecule has 0 aromatic heterocycles. The Morgan fingerprint density at radius 2 is 1.01 bits per heavy atom. The van der Waals surface area contributed by atoms with Crippen molar-refractivity contribution >= 4 is 120 Å². The van der Waals surface area contributed by atoms with Gasteiger partial charge in [0, 0.05) is 48.9 Å². The molecular formula is C42H66N18O11S4. The number of hydrogen-bond acceptors (Lipinski definition) is 18. The van der Waals surface area contributed by atoms with Crippen LogP contribution >= 0.6 is 43.2 Å². The Bertz CT molecular complexity index is 2260. The summed E-state index contributed by atoms with van der Waals surface area (Å²) in [6.07, 6.45) is -1.49. The van der Waals surface area contributed by atoms with Crippen molar-refractivity contribution in [2.24, 2.45) is 55.9 Å². The Kier molecular flexibility index (Phi) is 27.2. The molecule has 1 aromatic rings. The molecule has 2 aliphatic rings. The summed E-state index contributed by atoms with van der Waals surface area (Å²) in [5, 5.41) is 20.5. The molecule has 24 N–H and O–H groups in total. The molecule has 0 bridgehead atoms. The van der Waals surface area contributed by atoms with Gasteiger partial charge in [-0.1, -0.05) is 73.5 Å². The van der Waals surface area contributed by atoms with E-state index in [-0.39, 0.29) is 86.5 Å². The third-order valence-electron chi connectivity index (χ3n) is 10.8. The van der Waals surface area contributed by atoms with Crippen molar-refractivity contribution in [2.75, 3.05) is 36.1 Å². The number of primary amides is 3. The number of rotatable bonds is 28. The molecule has 9 atom stereocenters. The predicted molar refractivity (Wildman–Crippen MR) is 285 cm³/mol. The summed E-state index contributed by atoms with van der Waals surface area (Å²) in [6, 6.07) is -3.29. The van der Waals surface area contributed by atoms with Crippen LogP contribution in [-0.4, -0.2) is 167 Å². The summed E-state index contributed by atoms with van der Waals surface area (Å²) < 4.78 is 0. The molecule has 33 heteroatoms. The minimum Gasteiger partial charge on any atom is -0.370 e. The van der Waals surface area contributed by atoms with Gasteiger partial charge in [-0.15, -0.1) is 0 Å². The van der Waals surface area contributed by atoms with Crippen molar-refractivity contribution in [3.63, 3.8) is 0 Å². The van der Waals surface area contributed by atoms with Crippen LogP contribution in [0.3, 0.4) is 0 Å². The van der Waals surface area contributed by atoms with Crippen LogP contribution in [0.2, 0.25) is 0 Å². The molecule has 2 fully saturated rings. The maximum absolute atomic E-state index is 14.3. The van der Waals surface area contributed by atoms with Gasteiger partial charge < -0.3 is 88.4 Å². The van der Waals surface area contributed by atoms with Crippen LogP contribution in [0.25, 0.3) is 0 Å². The molecule has 0 saturated carbocycles. The molecule has 2 aliphatic heterocycles. The standard InChI is InChI=1S/C42H66N18O11S4/c43-21(15-31(45)62)33(64)58-27-17-74-75-18-28(60-40(27)71)38(69)54-23(9-5-13-52-42(49)50)34(65)53-22(8-4-12-51-41(47)48)35(66)55-24(10-11-30(44)61)36(67)56-25(14-20-6-2-1-3-7-20)37(68)59-29-19-73-72-16-26(32(46)63)57-39(29)70/h1-3,6-7,21-29H,4-5,8-19,43H2,(H2,44,61)(H2,45,62)(H2,46,63)(H,53,65)(H,54,69)(H,55,66)(H,56,67)(H,57,70)(H,58,64)(H,59,68)(H,60,71)(H4,47,48,51)(H4,49,50,52)/t21-,22-,23-,24-,25-,26-,27-,28-,29-/m0/s1. The van der Waals surface area contributed by atoms with Crippen molar-refractivity contribution < 1.29 is 52.7 Å². The van der Waals surface area contributed by atoms with Crippen LogP contribution < -0.4 is 88.4 Å². The smallest absolute Gasteiger partial charge is 0.244 e. The summed E-state index contributed by atoms with van der Waals surface area (Å²) in [4.78, 5) is 153. The lowest BCUT2D eigenvalue weighted by Crippen LogP contribution is -2.61. The highest BCUT2D eigenvalue weighted by Crippen LogP contribution is 2.26. The number of carbonyl (C=O) groups excluding carboxylic acids is 11. The molecule has 0 unspecified atom stereocenters. The number of aliphatic imine (C=N–C) groups is 2. The van der Waals surface area contributed by atoms with Gasteiger partial charge in [-0.25, -0.2) is 0 Å². The van der Waals surface area contributed by atoms with Crippen molar-refractivity contribution in [3.05, 3.63) is 35.9 Å². The van der Waals surface area contributed by atoms with Crippen LogP contribution in [0.5, 0.6) is 0 Å². The maximum atomic E-state index is 14.3. The summed E-state index contributed by atoms with van der Waals surface area (Å²) >= 11 is 0. The maximum Gasteiger partial charge on any atom is 0.244 e. The summed E-state index contributed by atoms with van der Waals surface area (Å²) in [7, 11) is 4.82. The molecule has 11 amide bonds. The van der Waals surface area contributed by atoms with E-state index in [0.29, 0.717) is 5.56 Å². The van der Waals surface area contributed by atoms with E-state index >= 15 is 0 Å². The first-order valence-electron chi connectivity index (χ1n) is 23.2. The van der Waals surface area contributed by atoms with E-state index in [1.807, 2.05) is 0 Å². The van der Waals surface area contributed by atoms with Crippen molar-refractivity contribution in [1.82, 2.24) is 42.5 Å². The molecule has 1 aromatic carbocycles. The highest BCUT2D eigenvalue weighted by molar-refractivity contribution is 8.77. The average Bonchev–Trinajstić information content (AvgIpc) is 3.33. The number of nitrogens with two attached hydrogens (primary N) is 8. The van der Waals surface area contributed by atoms with Crippen LogP contribution in [0.4, 0.5) is 0 Å². The zero-order valence-electron chi connectivity index (χ0n) is 40.6. The molecule has 2 saturated heterocycles. The van der Waals surface area contributed by atoms with Gasteiger partial charge in [-0.05, 0) is 37.7 Å². The Hall–Kier alpha value is -6.71. The highest BCUT2D eigenvalue weighted by Gasteiger charge is 2.36. The highest BCUT2D eigenvalue weighted by atomic mass is 33.1. The van der Waals surface area contributed by atoms with Gasteiger partial charge in [0.25, 0.3) is 0 Å². The van der Waals surface area contributed by atoms with Gasteiger partial charge in [0.15, 0.2) is 11.9 Å². The van der Waals surface area contributed by atoms with E-state index < -0.39 is 132 Å². The molecule has 75 heavy (non-hydrogen) atoms. The second-order valence-electron chi connectivity index (χ2n) is 16.9. The van der Waals surface area contributed by atoms with E-state index in [9.17, 15) is 52.7 Å². The zero-order valence-corrected chi connectivity index (χ0v) is 43.9. The van der Waals surface area contributed by atoms with Gasteiger partial charge in [0.05, 0.1) is 12.5 Å². The van der Waals surface area contributed by atoms with Crippen LogP contribution in [-0.2, 0) is 59.2 Å². The minimum atomic E-state index is -1.57. The van der Waals surface area contributed by atoms with Gasteiger partial charge in [-0.2, -0.15) is 0 Å². The van der Waals surface area contributed by atoms with Gasteiger partial charge in [-0.3, -0.25) is 62.7 Å². The zero-order chi connectivity index (χ0) is 55.6. The Morgan fingerprint density at radius 3 is 1.51 bits per heavy atom. The van der Waals surface area contributed by atoms with Crippen LogP contribution in [0.15, 0.2) is 40.3 Å². The van der Waals surface area contributed by atoms with Gasteiger partial charge >= 0.3 is 0 Å². The van der Waals surface area contributed by atoms with E-state index in [1.165, 1.54) is 32.4 Å². The summed E-state index contributed by atoms with van der Waals surface area (Å²) in [5.41, 5.74) is 44.4. The van der Waals surface area contributed by atoms with Crippen molar-refractivity contribution in [3.8, 4) is 0 Å². The van der Waals surface area contributed by atoms with Crippen LogP contribution in [0, 0.1) is 0 Å². The third-order valence-corrected chi connectivity index (χ3v) is 15.7. The Balaban J connectivity index is 1.91. The number of amides is 11. The first kappa shape index (κ1) is 62.6. The monoisotopic (exact) mass is 1130 g/mol. The fourth-order valence-electron chi connectivity index (χ4n) is 6.86. The number of benzene rings is 1. The first-order valence-corrected chi connectivity index (χ1v) is 28.2. The Labute approximate surface area is 447 Å². The van der Waals surface area contributed by atoms with Crippen molar-refractivity contribution in [2.45, 2.75) is 106 Å². The lowest BCUT2D eigenvalue weighted by molar-refractivity contribution is -0.136. The topological polar surface area (TPSA) is 517 Å². The Morgan fingerprint density at radius 1 is 0.560 bits per heavy atom. The fourth-order valence-corrected chi connectivity index (χ4v) is 11.5. The quantitative estimate of drug-likeness (QED) is 0.0160. The molecule has 0 radical (unpaired) electrons. The molecule has 414 valence electrons. The van der Waals surface area contributed by atoms with E-state index in [4.69, 9.17) is 45.9 Å². The molecule has 3 rings (SSSR count). The largest absolute Gasteiger partial charge is 0.370 e. The SMILES string of the molecule is NC(=O)CC[C@H](NC(=O)[C@H](CCCN=C(N)N)NC(=O)[C@H](CCCN=C(N)N)NC(=O)[C@@H]1CSSC[C@H](NC(=O)[C@@H](N)CC(N)=O)C(=O)N1)C(=O)N[C@@H](Cc1ccccc1)C(=O)N[C@H]1CSSC[C@@H](C(N)=O)NC1=O. The molecule has 29 nitrogen and oxygen atoms in total. The molecule has 0 aliphatic carbocycles. The van der Waals surface area contributed by atoms with E-state index in [0.717, 1.165) is 10.8 Å². The number of nitrogens with one attached hydrogen (secondary N) is 8. The summed E-state index contributed by atoms with van der Waals surface area (Å²) in [5.74, 6) is -9.34. The van der Waals surface area contributed by atoms with E-state index in [2.05, 4.69) is 52.5 Å². The van der Waals surface area contributed by atoms with E-state index in [1.54, 1.807) is 30.3 Å².